The van der Waals surface area contributed by atoms with E-state index in [0.29, 0.717) is 17.8 Å². The highest BCUT2D eigenvalue weighted by atomic mass is 16.2. The minimum atomic E-state index is -0.264. The summed E-state index contributed by atoms with van der Waals surface area (Å²) < 4.78 is 0. The molecule has 0 spiro atoms. The minimum absolute atomic E-state index is 0.00823. The molecule has 134 valence electrons. The number of benzene rings is 2. The molecule has 2 aromatic carbocycles. The van der Waals surface area contributed by atoms with Crippen molar-refractivity contribution in [2.24, 2.45) is 0 Å². The van der Waals surface area contributed by atoms with Gasteiger partial charge in [-0.25, -0.2) is 0 Å². The molecule has 0 radical (unpaired) electrons. The van der Waals surface area contributed by atoms with Crippen LogP contribution < -0.4 is 10.6 Å². The number of carbonyl (C=O) groups is 2. The van der Waals surface area contributed by atoms with Crippen LogP contribution in [0, 0.1) is 0 Å². The molecule has 27 heavy (non-hydrogen) atoms. The molecule has 2 heterocycles. The summed E-state index contributed by atoms with van der Waals surface area (Å²) in [4.78, 5) is 28.3. The van der Waals surface area contributed by atoms with Crippen LogP contribution in [-0.4, -0.2) is 16.8 Å². The first-order valence-electron chi connectivity index (χ1n) is 8.91. The van der Waals surface area contributed by atoms with Crippen molar-refractivity contribution in [1.82, 2.24) is 10.3 Å². The average Bonchev–Trinajstić information content (AvgIpc) is 3.15. The molecule has 1 fully saturated rings. The van der Waals surface area contributed by atoms with Gasteiger partial charge in [-0.1, -0.05) is 42.5 Å². The van der Waals surface area contributed by atoms with Crippen LogP contribution >= 0.6 is 0 Å². The van der Waals surface area contributed by atoms with Crippen LogP contribution in [0.4, 0.5) is 5.69 Å². The van der Waals surface area contributed by atoms with Gasteiger partial charge in [0.1, 0.15) is 5.69 Å². The smallest absolute Gasteiger partial charge is 0.274 e. The Bertz CT molecular complexity index is 986. The van der Waals surface area contributed by atoms with Gasteiger partial charge in [0.2, 0.25) is 5.91 Å². The average molecular weight is 357 g/mol. The molecule has 1 atom stereocenters. The molecule has 1 aliphatic heterocycles. The van der Waals surface area contributed by atoms with Crippen LogP contribution in [0.5, 0.6) is 0 Å². The van der Waals surface area contributed by atoms with Gasteiger partial charge in [0.15, 0.2) is 0 Å². The van der Waals surface area contributed by atoms with Crippen LogP contribution in [0.15, 0.2) is 72.9 Å². The maximum atomic E-state index is 12.6. The number of nitrogens with one attached hydrogen (secondary N) is 2. The lowest BCUT2D eigenvalue weighted by Crippen LogP contribution is -2.18. The lowest BCUT2D eigenvalue weighted by Gasteiger charge is -2.12. The second kappa shape index (κ2) is 7.41. The third-order valence-corrected chi connectivity index (χ3v) is 4.64. The summed E-state index contributed by atoms with van der Waals surface area (Å²) in [6.07, 6.45) is 2.95. The maximum Gasteiger partial charge on any atom is 0.274 e. The number of anilines is 1. The van der Waals surface area contributed by atoms with Crippen molar-refractivity contribution in [2.45, 2.75) is 18.9 Å². The number of amides is 2. The van der Waals surface area contributed by atoms with E-state index in [1.54, 1.807) is 12.3 Å². The minimum Gasteiger partial charge on any atom is -0.349 e. The Morgan fingerprint density at radius 1 is 1.00 bits per heavy atom. The molecule has 1 aromatic heterocycles. The van der Waals surface area contributed by atoms with Gasteiger partial charge in [0.05, 0.1) is 6.04 Å². The third-order valence-electron chi connectivity index (χ3n) is 4.64. The fourth-order valence-electron chi connectivity index (χ4n) is 3.26. The zero-order valence-electron chi connectivity index (χ0n) is 14.7. The molecule has 1 aliphatic rings. The quantitative estimate of drug-likeness (QED) is 0.743. The second-order valence-electron chi connectivity index (χ2n) is 6.53. The number of aromatic nitrogens is 1. The van der Waals surface area contributed by atoms with Crippen LogP contribution in [0.1, 0.15) is 34.9 Å². The van der Waals surface area contributed by atoms with Gasteiger partial charge < -0.3 is 10.6 Å². The summed E-state index contributed by atoms with van der Waals surface area (Å²) in [5.41, 5.74) is 4.01. The number of hydrogen-bond acceptors (Lipinski definition) is 3. The van der Waals surface area contributed by atoms with Gasteiger partial charge in [-0.2, -0.15) is 0 Å². The highest BCUT2D eigenvalue weighted by Gasteiger charge is 2.22. The first kappa shape index (κ1) is 17.0. The maximum absolute atomic E-state index is 12.6. The van der Waals surface area contributed by atoms with Gasteiger partial charge in [0.25, 0.3) is 5.91 Å². The Kier molecular flexibility index (Phi) is 4.66. The molecular weight excluding hydrogens is 338 g/mol. The SMILES string of the molecule is O=C1CCC(c2cccc(NC(=O)c3cc(-c4ccccc4)ccn3)c2)N1. The molecule has 2 amide bonds. The standard InChI is InChI=1S/C22H19N3O2/c26-21-10-9-19(25-21)17-7-4-8-18(13-17)24-22(27)20-14-16(11-12-23-20)15-5-2-1-3-6-15/h1-8,11-14,19H,9-10H2,(H,24,27)(H,25,26). The van der Waals surface area contributed by atoms with Crippen molar-refractivity contribution in [3.8, 4) is 11.1 Å². The van der Waals surface area contributed by atoms with Crippen LogP contribution in [-0.2, 0) is 4.79 Å². The van der Waals surface area contributed by atoms with Crippen molar-refractivity contribution >= 4 is 17.5 Å². The van der Waals surface area contributed by atoms with Crippen LogP contribution in [0.3, 0.4) is 0 Å². The Labute approximate surface area is 157 Å². The lowest BCUT2D eigenvalue weighted by atomic mass is 10.0. The van der Waals surface area contributed by atoms with E-state index in [1.807, 2.05) is 60.7 Å². The third kappa shape index (κ3) is 3.87. The lowest BCUT2D eigenvalue weighted by molar-refractivity contribution is -0.119. The second-order valence-corrected chi connectivity index (χ2v) is 6.53. The summed E-state index contributed by atoms with van der Waals surface area (Å²) in [6, 6.07) is 21.1. The van der Waals surface area contributed by atoms with E-state index in [1.165, 1.54) is 0 Å². The predicted molar refractivity (Wildman–Crippen MR) is 104 cm³/mol. The predicted octanol–water partition coefficient (Wildman–Crippen LogP) is 3.95. The van der Waals surface area contributed by atoms with Crippen LogP contribution in [0.25, 0.3) is 11.1 Å². The monoisotopic (exact) mass is 357 g/mol. The van der Waals surface area contributed by atoms with Gasteiger partial charge in [0, 0.05) is 18.3 Å². The fourth-order valence-corrected chi connectivity index (χ4v) is 3.26. The Balaban J connectivity index is 1.52. The fraction of sp³-hybridized carbons (Fsp3) is 0.136. The first-order chi connectivity index (χ1) is 13.2. The normalized spacial score (nSPS) is 16.0. The molecule has 1 unspecified atom stereocenters. The molecule has 0 saturated carbocycles. The Morgan fingerprint density at radius 3 is 2.63 bits per heavy atom. The number of rotatable bonds is 4. The number of nitrogens with zero attached hydrogens (tertiary/aromatic N) is 1. The number of carbonyl (C=O) groups excluding carboxylic acids is 2. The van der Waals surface area contributed by atoms with Gasteiger partial charge >= 0.3 is 0 Å². The van der Waals surface area contributed by atoms with E-state index in [9.17, 15) is 9.59 Å². The molecule has 0 bridgehead atoms. The van der Waals surface area contributed by atoms with Crippen molar-refractivity contribution < 1.29 is 9.59 Å². The Morgan fingerprint density at radius 2 is 1.85 bits per heavy atom. The van der Waals surface area contributed by atoms with Crippen molar-refractivity contribution in [2.75, 3.05) is 5.32 Å². The zero-order valence-corrected chi connectivity index (χ0v) is 14.7. The summed E-state index contributed by atoms with van der Waals surface area (Å²) in [7, 11) is 0. The highest BCUT2D eigenvalue weighted by molar-refractivity contribution is 6.03. The van der Waals surface area contributed by atoms with E-state index >= 15 is 0 Å². The molecule has 0 aliphatic carbocycles. The summed E-state index contributed by atoms with van der Waals surface area (Å²) >= 11 is 0. The van der Waals surface area contributed by atoms with Crippen LogP contribution in [0.2, 0.25) is 0 Å². The summed E-state index contributed by atoms with van der Waals surface area (Å²) in [6.45, 7) is 0. The van der Waals surface area contributed by atoms with E-state index in [4.69, 9.17) is 0 Å². The number of hydrogen-bond donors (Lipinski definition) is 2. The van der Waals surface area contributed by atoms with Crippen molar-refractivity contribution in [3.63, 3.8) is 0 Å². The molecule has 5 heteroatoms. The van der Waals surface area contributed by atoms with Gasteiger partial charge in [-0.15, -0.1) is 0 Å². The summed E-state index contributed by atoms with van der Waals surface area (Å²) in [5, 5.41) is 5.84. The molecule has 3 aromatic rings. The molecular formula is C22H19N3O2. The topological polar surface area (TPSA) is 71.1 Å². The van der Waals surface area contributed by atoms with E-state index < -0.39 is 0 Å². The van der Waals surface area contributed by atoms with Crippen molar-refractivity contribution in [3.05, 3.63) is 84.2 Å². The number of pyridine rings is 1. The molecule has 1 saturated heterocycles. The van der Waals surface area contributed by atoms with Gasteiger partial charge in [-0.05, 0) is 47.4 Å². The molecule has 2 N–H and O–H groups in total. The first-order valence-corrected chi connectivity index (χ1v) is 8.91. The highest BCUT2D eigenvalue weighted by Crippen LogP contribution is 2.26. The summed E-state index contributed by atoms with van der Waals surface area (Å²) in [5.74, 6) is -0.197. The van der Waals surface area contributed by atoms with E-state index in [2.05, 4.69) is 15.6 Å². The zero-order chi connectivity index (χ0) is 18.6. The molecule has 5 nitrogen and oxygen atoms in total. The molecule has 4 rings (SSSR count). The van der Waals surface area contributed by atoms with E-state index in [-0.39, 0.29) is 17.9 Å². The largest absolute Gasteiger partial charge is 0.349 e. The van der Waals surface area contributed by atoms with E-state index in [0.717, 1.165) is 23.1 Å². The Hall–Kier alpha value is -3.47. The van der Waals surface area contributed by atoms with Gasteiger partial charge in [-0.3, -0.25) is 14.6 Å². The van der Waals surface area contributed by atoms with Crippen molar-refractivity contribution in [1.29, 1.82) is 0 Å².